The fourth-order valence-electron chi connectivity index (χ4n) is 4.38. The first-order valence-electron chi connectivity index (χ1n) is 9.60. The normalized spacial score (nSPS) is 23.2. The number of nitrogens with one attached hydrogen (secondary N) is 3. The molecular formula is C19H27N7. The summed E-state index contributed by atoms with van der Waals surface area (Å²) >= 11 is 0. The maximum absolute atomic E-state index is 5.02. The molecule has 0 saturated carbocycles. The van der Waals surface area contributed by atoms with Crippen molar-refractivity contribution in [2.75, 3.05) is 26.7 Å². The summed E-state index contributed by atoms with van der Waals surface area (Å²) in [5.74, 6) is 0. The Balaban J connectivity index is 1.54. The molecule has 1 fully saturated rings. The Morgan fingerprint density at radius 2 is 1.92 bits per heavy atom. The van der Waals surface area contributed by atoms with Crippen LogP contribution < -0.4 is 26.8 Å². The monoisotopic (exact) mass is 353 g/mol. The molecule has 4 aliphatic rings. The molecule has 0 bridgehead atoms. The number of aromatic nitrogens is 2. The minimum atomic E-state index is 0.321. The summed E-state index contributed by atoms with van der Waals surface area (Å²) in [6.45, 7) is 7.62. The van der Waals surface area contributed by atoms with Crippen LogP contribution in [0.15, 0.2) is 17.8 Å². The molecule has 1 aromatic heterocycles. The van der Waals surface area contributed by atoms with Crippen LogP contribution in [0.3, 0.4) is 0 Å². The van der Waals surface area contributed by atoms with Crippen LogP contribution in [0.4, 0.5) is 0 Å². The molecular weight excluding hydrogens is 326 g/mol. The molecule has 1 aliphatic carbocycles. The van der Waals surface area contributed by atoms with E-state index in [4.69, 9.17) is 5.10 Å². The first kappa shape index (κ1) is 16.0. The fraction of sp³-hybridized carbons (Fsp3) is 0.526. The van der Waals surface area contributed by atoms with Crippen LogP contribution in [0.25, 0.3) is 17.5 Å². The van der Waals surface area contributed by atoms with Gasteiger partial charge in [0, 0.05) is 30.4 Å². The smallest absolute Gasteiger partial charge is 0.102 e. The highest BCUT2D eigenvalue weighted by atomic mass is 15.5. The molecule has 1 saturated heterocycles. The molecule has 3 N–H and O–H groups in total. The first-order valence-corrected chi connectivity index (χ1v) is 9.60. The van der Waals surface area contributed by atoms with Crippen molar-refractivity contribution in [1.29, 1.82) is 0 Å². The van der Waals surface area contributed by atoms with E-state index < -0.39 is 0 Å². The van der Waals surface area contributed by atoms with Crippen LogP contribution in [0.5, 0.6) is 0 Å². The molecule has 26 heavy (non-hydrogen) atoms. The quantitative estimate of drug-likeness (QED) is 0.674. The van der Waals surface area contributed by atoms with E-state index in [1.54, 1.807) is 0 Å². The Morgan fingerprint density at radius 1 is 1.15 bits per heavy atom. The van der Waals surface area contributed by atoms with Crippen LogP contribution in [-0.2, 0) is 0 Å². The van der Waals surface area contributed by atoms with Gasteiger partial charge in [0.05, 0.1) is 22.0 Å². The molecule has 0 unspecified atom stereocenters. The third kappa shape index (κ3) is 2.38. The molecule has 1 aromatic rings. The van der Waals surface area contributed by atoms with E-state index in [2.05, 4.69) is 63.9 Å². The summed E-state index contributed by atoms with van der Waals surface area (Å²) in [5.41, 5.74) is 14.8. The molecule has 138 valence electrons. The zero-order chi connectivity index (χ0) is 17.8. The molecule has 0 aromatic carbocycles. The lowest BCUT2D eigenvalue weighted by molar-refractivity contribution is 0.110. The Hall–Kier alpha value is -2.25. The Bertz CT molecular complexity index is 912. The van der Waals surface area contributed by atoms with Crippen LogP contribution in [0, 0.1) is 0 Å². The molecule has 0 atom stereocenters. The number of piperidine rings is 1. The van der Waals surface area contributed by atoms with Crippen LogP contribution in [-0.4, -0.2) is 52.4 Å². The predicted molar refractivity (Wildman–Crippen MR) is 102 cm³/mol. The van der Waals surface area contributed by atoms with Gasteiger partial charge < -0.3 is 21.2 Å². The van der Waals surface area contributed by atoms with Gasteiger partial charge in [0.2, 0.25) is 0 Å². The summed E-state index contributed by atoms with van der Waals surface area (Å²) in [6, 6.07) is 0.908. The number of likely N-dealkylation sites (tertiary alicyclic amines) is 1. The van der Waals surface area contributed by atoms with Crippen molar-refractivity contribution in [1.82, 2.24) is 36.0 Å². The largest absolute Gasteiger partial charge is 0.318 e. The van der Waals surface area contributed by atoms with Gasteiger partial charge in [-0.1, -0.05) is 0 Å². The van der Waals surface area contributed by atoms with Crippen LogP contribution in [0.2, 0.25) is 0 Å². The molecule has 5 rings (SSSR count). The van der Waals surface area contributed by atoms with Crippen molar-refractivity contribution in [3.8, 4) is 0 Å². The number of allylic oxidation sites excluding steroid dienone is 1. The van der Waals surface area contributed by atoms with E-state index in [0.29, 0.717) is 12.1 Å². The highest BCUT2D eigenvalue weighted by Crippen LogP contribution is 2.27. The lowest BCUT2D eigenvalue weighted by atomic mass is 10.0. The molecule has 0 amide bonds. The maximum Gasteiger partial charge on any atom is 0.102 e. The van der Waals surface area contributed by atoms with Crippen molar-refractivity contribution in [2.24, 2.45) is 0 Å². The van der Waals surface area contributed by atoms with Gasteiger partial charge >= 0.3 is 0 Å². The minimum Gasteiger partial charge on any atom is -0.318 e. The average Bonchev–Trinajstić information content (AvgIpc) is 3.19. The highest BCUT2D eigenvalue weighted by Gasteiger charge is 2.32. The van der Waals surface area contributed by atoms with Gasteiger partial charge in [-0.15, -0.1) is 0 Å². The average molecular weight is 353 g/mol. The highest BCUT2D eigenvalue weighted by molar-refractivity contribution is 5.77. The Labute approximate surface area is 153 Å². The molecule has 7 heteroatoms. The second-order valence-electron chi connectivity index (χ2n) is 7.97. The van der Waals surface area contributed by atoms with Crippen molar-refractivity contribution in [3.05, 3.63) is 34.1 Å². The number of hydrogen-bond acceptors (Lipinski definition) is 6. The van der Waals surface area contributed by atoms with Crippen LogP contribution >= 0.6 is 0 Å². The second-order valence-corrected chi connectivity index (χ2v) is 7.97. The van der Waals surface area contributed by atoms with E-state index in [-0.39, 0.29) is 0 Å². The van der Waals surface area contributed by atoms with Crippen molar-refractivity contribution in [3.63, 3.8) is 0 Å². The Morgan fingerprint density at radius 3 is 2.69 bits per heavy atom. The summed E-state index contributed by atoms with van der Waals surface area (Å²) in [7, 11) is 2.21. The third-order valence-electron chi connectivity index (χ3n) is 5.87. The van der Waals surface area contributed by atoms with E-state index in [1.807, 2.05) is 6.20 Å². The van der Waals surface area contributed by atoms with E-state index in [0.717, 1.165) is 23.3 Å². The molecule has 4 heterocycles. The maximum atomic E-state index is 5.02. The van der Waals surface area contributed by atoms with Gasteiger partial charge in [0.15, 0.2) is 0 Å². The van der Waals surface area contributed by atoms with Crippen LogP contribution in [0.1, 0.15) is 38.4 Å². The van der Waals surface area contributed by atoms with Crippen molar-refractivity contribution >= 4 is 17.5 Å². The molecule has 7 nitrogen and oxygen atoms in total. The minimum absolute atomic E-state index is 0.321. The van der Waals surface area contributed by atoms with Gasteiger partial charge in [-0.2, -0.15) is 5.10 Å². The molecule has 0 spiro atoms. The molecule has 3 aliphatic heterocycles. The first-order chi connectivity index (χ1) is 12.6. The lowest BCUT2D eigenvalue weighted by Crippen LogP contribution is -2.47. The Kier molecular flexibility index (Phi) is 3.62. The van der Waals surface area contributed by atoms with Crippen molar-refractivity contribution < 1.29 is 0 Å². The van der Waals surface area contributed by atoms with Gasteiger partial charge in [-0.05, 0) is 59.0 Å². The van der Waals surface area contributed by atoms with E-state index in [1.165, 1.54) is 42.4 Å². The van der Waals surface area contributed by atoms with Crippen molar-refractivity contribution in [2.45, 2.75) is 38.8 Å². The number of rotatable bonds is 2. The van der Waals surface area contributed by atoms with Gasteiger partial charge in [-0.25, -0.2) is 5.01 Å². The number of nitrogens with zero attached hydrogens (tertiary/aromatic N) is 4. The molecule has 0 radical (unpaired) electrons. The summed E-state index contributed by atoms with van der Waals surface area (Å²) in [5, 5.41) is 9.81. The van der Waals surface area contributed by atoms with E-state index >= 15 is 0 Å². The zero-order valence-electron chi connectivity index (χ0n) is 15.7. The number of fused-ring (bicyclic) bond motifs is 1. The zero-order valence-corrected chi connectivity index (χ0v) is 15.7. The van der Waals surface area contributed by atoms with Gasteiger partial charge in [0.1, 0.15) is 5.69 Å². The second kappa shape index (κ2) is 5.89. The topological polar surface area (TPSA) is 60.4 Å². The summed E-state index contributed by atoms with van der Waals surface area (Å²) in [4.78, 5) is 2.42. The third-order valence-corrected chi connectivity index (χ3v) is 5.87. The number of hydrogen-bond donors (Lipinski definition) is 3. The SMILES string of the molecule is CC(C)n1nc2c3c1=CNNC=3C=CC1=C2CN(C2CCN(C)CC2)N1. The van der Waals surface area contributed by atoms with E-state index in [9.17, 15) is 0 Å². The number of hydrazine groups is 2. The standard InChI is InChI=1S/C19H27N7/c1-12(2)26-17-10-20-21-16-5-4-15-14(19(23-26)18(16)17)11-25(22-15)13-6-8-24(3)9-7-13/h4-5,10,12-13,20-22H,6-9,11H2,1-3H3. The summed E-state index contributed by atoms with van der Waals surface area (Å²) in [6.07, 6.45) is 8.78. The summed E-state index contributed by atoms with van der Waals surface area (Å²) < 4.78 is 2.13. The van der Waals surface area contributed by atoms with Gasteiger partial charge in [0.25, 0.3) is 0 Å². The fourth-order valence-corrected chi connectivity index (χ4v) is 4.38. The predicted octanol–water partition coefficient (Wildman–Crippen LogP) is -0.387. The lowest BCUT2D eigenvalue weighted by Gasteiger charge is -2.35. The van der Waals surface area contributed by atoms with Gasteiger partial charge in [-0.3, -0.25) is 4.68 Å².